The third-order valence-electron chi connectivity index (χ3n) is 11.7. The molecule has 0 spiro atoms. The quantitative estimate of drug-likeness (QED) is 0.0301. The smallest absolute Gasteiger partial charge is 0.261 e. The normalized spacial score (nSPS) is 12.8. The second-order valence-corrected chi connectivity index (χ2v) is 15.6. The van der Waals surface area contributed by atoms with E-state index in [1.807, 2.05) is 63.4 Å². The van der Waals surface area contributed by atoms with Crippen LogP contribution in [0.5, 0.6) is 0 Å². The van der Waals surface area contributed by atoms with Gasteiger partial charge in [0.15, 0.2) is 6.29 Å². The lowest BCUT2D eigenvalue weighted by molar-refractivity contribution is 0.0602. The fourth-order valence-corrected chi connectivity index (χ4v) is 8.62. The summed E-state index contributed by atoms with van der Waals surface area (Å²) in [5.41, 5.74) is 2.08. The minimum Gasteiger partial charge on any atom is -0.342 e. The molecule has 0 N–H and O–H groups in total. The Labute approximate surface area is 340 Å². The van der Waals surface area contributed by atoms with Crippen LogP contribution in [-0.4, -0.2) is 103 Å². The summed E-state index contributed by atoms with van der Waals surface area (Å²) in [6.07, 6.45) is 11.7. The molecule has 1 heterocycles. The minimum atomic E-state index is -0.245. The van der Waals surface area contributed by atoms with Gasteiger partial charge in [-0.3, -0.25) is 24.1 Å². The molecule has 306 valence electrons. The van der Waals surface area contributed by atoms with E-state index in [1.54, 1.807) is 11.0 Å². The molecule has 8 nitrogen and oxygen atoms in total. The number of aldehydes is 1. The van der Waals surface area contributed by atoms with Crippen LogP contribution < -0.4 is 0 Å². The van der Waals surface area contributed by atoms with Crippen LogP contribution in [0.2, 0.25) is 0 Å². The average Bonchev–Trinajstić information content (AvgIpc) is 3.24. The number of fused-ring (bicyclic) bond motifs is 2. The third kappa shape index (κ3) is 9.18. The highest BCUT2D eigenvalue weighted by Gasteiger charge is 2.34. The van der Waals surface area contributed by atoms with E-state index < -0.39 is 0 Å². The van der Waals surface area contributed by atoms with Crippen molar-refractivity contribution in [1.82, 2.24) is 19.6 Å². The van der Waals surface area contributed by atoms with Crippen molar-refractivity contribution in [2.45, 2.75) is 106 Å². The Hall–Kier alpha value is -4.40. The first-order valence-corrected chi connectivity index (χ1v) is 22.0. The van der Waals surface area contributed by atoms with Crippen molar-refractivity contribution < 1.29 is 19.2 Å². The zero-order valence-electron chi connectivity index (χ0n) is 35.8. The van der Waals surface area contributed by atoms with E-state index in [4.69, 9.17) is 0 Å². The number of unbranched alkanes of at least 4 members (excludes halogenated alkanes) is 4. The molecule has 1 aliphatic heterocycles. The first-order valence-electron chi connectivity index (χ1n) is 22.0. The maximum Gasteiger partial charge on any atom is 0.261 e. The number of benzene rings is 5. The average molecular weight is 775 g/mol. The van der Waals surface area contributed by atoms with Gasteiger partial charge in [-0.2, -0.15) is 0 Å². The van der Waals surface area contributed by atoms with Crippen LogP contribution >= 0.6 is 0 Å². The molecular formula is C49H66N4O4. The van der Waals surface area contributed by atoms with Gasteiger partial charge in [0.25, 0.3) is 17.7 Å². The maximum atomic E-state index is 14.2. The van der Waals surface area contributed by atoms with Crippen LogP contribution in [0, 0.1) is 0 Å². The van der Waals surface area contributed by atoms with Gasteiger partial charge in [0.2, 0.25) is 0 Å². The third-order valence-corrected chi connectivity index (χ3v) is 11.7. The molecule has 6 rings (SSSR count). The van der Waals surface area contributed by atoms with Crippen molar-refractivity contribution in [3.63, 3.8) is 0 Å². The number of hydrogen-bond acceptors (Lipinski definition) is 6. The lowest BCUT2D eigenvalue weighted by Gasteiger charge is -2.29. The molecule has 0 aromatic heterocycles. The molecule has 5 aromatic rings. The first kappa shape index (κ1) is 43.7. The van der Waals surface area contributed by atoms with Crippen LogP contribution in [0.15, 0.2) is 48.5 Å². The molecule has 5 aromatic carbocycles. The van der Waals surface area contributed by atoms with Crippen molar-refractivity contribution in [2.24, 2.45) is 0 Å². The van der Waals surface area contributed by atoms with E-state index in [1.165, 1.54) is 30.6 Å². The molecule has 8 heteroatoms. The second kappa shape index (κ2) is 20.9. The van der Waals surface area contributed by atoms with E-state index in [9.17, 15) is 19.2 Å². The van der Waals surface area contributed by atoms with Gasteiger partial charge in [0.1, 0.15) is 0 Å². The summed E-state index contributed by atoms with van der Waals surface area (Å²) >= 11 is 0. The van der Waals surface area contributed by atoms with E-state index in [0.29, 0.717) is 46.1 Å². The summed E-state index contributed by atoms with van der Waals surface area (Å²) in [5.74, 6) is -0.596. The fourth-order valence-electron chi connectivity index (χ4n) is 8.62. The summed E-state index contributed by atoms with van der Waals surface area (Å²) in [6.45, 7) is 19.9. The van der Waals surface area contributed by atoms with Crippen molar-refractivity contribution >= 4 is 67.1 Å². The molecular weight excluding hydrogens is 709 g/mol. The van der Waals surface area contributed by atoms with E-state index in [0.717, 1.165) is 116 Å². The fraction of sp³-hybridized carbons (Fsp3) is 0.510. The van der Waals surface area contributed by atoms with Gasteiger partial charge in [-0.05, 0) is 128 Å². The molecule has 0 radical (unpaired) electrons. The van der Waals surface area contributed by atoms with Crippen LogP contribution in [0.1, 0.15) is 147 Å². The second-order valence-electron chi connectivity index (χ2n) is 15.6. The highest BCUT2D eigenvalue weighted by Crippen LogP contribution is 2.45. The molecule has 0 fully saturated rings. The molecule has 0 aliphatic carbocycles. The van der Waals surface area contributed by atoms with Crippen LogP contribution in [0.4, 0.5) is 0 Å². The molecule has 0 atom stereocenters. The van der Waals surface area contributed by atoms with Gasteiger partial charge in [-0.1, -0.05) is 97.6 Å². The Balaban J connectivity index is 0.00000305. The van der Waals surface area contributed by atoms with Gasteiger partial charge in [0.05, 0.1) is 0 Å². The first-order chi connectivity index (χ1) is 27.8. The van der Waals surface area contributed by atoms with E-state index in [2.05, 4.69) is 37.5 Å². The molecule has 0 saturated carbocycles. The summed E-state index contributed by atoms with van der Waals surface area (Å²) < 4.78 is 0. The van der Waals surface area contributed by atoms with Gasteiger partial charge >= 0.3 is 0 Å². The number of carbonyl (C=O) groups is 4. The Kier molecular flexibility index (Phi) is 16.0. The molecule has 3 amide bonds. The van der Waals surface area contributed by atoms with Crippen LogP contribution in [0.3, 0.4) is 0 Å². The Morgan fingerprint density at radius 3 is 1.44 bits per heavy atom. The van der Waals surface area contributed by atoms with E-state index in [-0.39, 0.29) is 17.7 Å². The van der Waals surface area contributed by atoms with Gasteiger partial charge in [0, 0.05) is 53.2 Å². The minimum absolute atomic E-state index is 0.105. The highest BCUT2D eigenvalue weighted by molar-refractivity contribution is 6.39. The molecule has 0 unspecified atom stereocenters. The molecule has 0 saturated heterocycles. The lowest BCUT2D eigenvalue weighted by atomic mass is 9.83. The summed E-state index contributed by atoms with van der Waals surface area (Å²) in [6, 6.07) is 15.3. The van der Waals surface area contributed by atoms with Crippen molar-refractivity contribution in [2.75, 3.05) is 59.4 Å². The predicted molar refractivity (Wildman–Crippen MR) is 238 cm³/mol. The molecule has 0 bridgehead atoms. The maximum absolute atomic E-state index is 14.2. The predicted octanol–water partition coefficient (Wildman–Crippen LogP) is 10.8. The summed E-state index contributed by atoms with van der Waals surface area (Å²) in [4.78, 5) is 63.1. The van der Waals surface area contributed by atoms with Gasteiger partial charge in [-0.25, -0.2) is 0 Å². The number of amides is 3. The van der Waals surface area contributed by atoms with Crippen molar-refractivity contribution in [3.8, 4) is 0 Å². The summed E-state index contributed by atoms with van der Waals surface area (Å²) in [7, 11) is 1.85. The highest BCUT2D eigenvalue weighted by atomic mass is 16.2. The monoisotopic (exact) mass is 775 g/mol. The standard InChI is InChI=1S/C47H60N4O4.C2H6/c1-6-10-25-49(26-11-7-2)29-14-24-48(5)45(53)38-21-18-35-37-20-23-40-44-39(22-19-36(43(37)44)34-17-16-33(32-52)41(38)42(34)35)46(54)51(47(40)55)31-15-30-50(27-12-8-3)28-13-9-4;1-2/h16-23,32H,6-15,24-31H2,1-5H3;1-2H3. The largest absolute Gasteiger partial charge is 0.342 e. The zero-order chi connectivity index (χ0) is 41.1. The number of hydrogen-bond donors (Lipinski definition) is 0. The van der Waals surface area contributed by atoms with Crippen molar-refractivity contribution in [1.29, 1.82) is 0 Å². The zero-order valence-corrected chi connectivity index (χ0v) is 35.8. The van der Waals surface area contributed by atoms with E-state index >= 15 is 0 Å². The topological polar surface area (TPSA) is 81.2 Å². The Morgan fingerprint density at radius 2 is 0.965 bits per heavy atom. The Bertz CT molecular complexity index is 2070. The summed E-state index contributed by atoms with van der Waals surface area (Å²) in [5, 5.41) is 6.68. The van der Waals surface area contributed by atoms with Crippen molar-refractivity contribution in [3.05, 3.63) is 70.8 Å². The number of imide groups is 1. The van der Waals surface area contributed by atoms with Crippen LogP contribution in [-0.2, 0) is 0 Å². The molecule has 57 heavy (non-hydrogen) atoms. The lowest BCUT2D eigenvalue weighted by Crippen LogP contribution is -2.42. The number of nitrogens with zero attached hydrogens (tertiary/aromatic N) is 4. The molecule has 1 aliphatic rings. The number of rotatable bonds is 22. The van der Waals surface area contributed by atoms with Gasteiger partial charge < -0.3 is 14.7 Å². The SMILES string of the molecule is CC.CCCCN(CCCC)CCCN(C)C(=O)c1ccc2c3ccc4c5c(ccc(c6ccc(C=O)c1c62)c53)C(=O)N(CCCN(CCCC)CCCC)C4=O. The number of carbonyl (C=O) groups excluding carboxylic acids is 4. The van der Waals surface area contributed by atoms with Gasteiger partial charge in [-0.15, -0.1) is 0 Å². The van der Waals surface area contributed by atoms with Crippen LogP contribution in [0.25, 0.3) is 43.1 Å². The Morgan fingerprint density at radius 1 is 0.544 bits per heavy atom.